The predicted octanol–water partition coefficient (Wildman–Crippen LogP) is 0.862. The lowest BCUT2D eigenvalue weighted by Gasteiger charge is -2.30. The van der Waals surface area contributed by atoms with Gasteiger partial charge in [-0.05, 0) is 18.6 Å². The Kier molecular flexibility index (Phi) is 2.46. The highest BCUT2D eigenvalue weighted by atomic mass is 32.2. The molecule has 2 rings (SSSR count). The van der Waals surface area contributed by atoms with Crippen LogP contribution in [0.1, 0.15) is 22.8 Å². The Morgan fingerprint density at radius 3 is 2.41 bits per heavy atom. The molecule has 1 aromatic carbocycles. The fraction of sp³-hybridized carbons (Fsp3) is 0.182. The number of carbonyl (C=O) groups is 1. The first kappa shape index (κ1) is 12.0. The van der Waals surface area contributed by atoms with Crippen molar-refractivity contribution < 1.29 is 22.9 Å². The Balaban J connectivity index is 2.86. The third-order valence-electron chi connectivity index (χ3n) is 2.81. The van der Waals surface area contributed by atoms with Gasteiger partial charge in [-0.15, -0.1) is 0 Å². The molecule has 0 bridgehead atoms. The molecule has 1 atom stereocenters. The summed E-state index contributed by atoms with van der Waals surface area (Å²) in [7, 11) is -4.78. The number of ketones is 1. The number of aliphatic hydroxyl groups is 1. The second kappa shape index (κ2) is 3.49. The molecule has 1 aromatic rings. The van der Waals surface area contributed by atoms with Crippen molar-refractivity contribution in [3.05, 3.63) is 47.0 Å². The molecule has 0 aliphatic heterocycles. The van der Waals surface area contributed by atoms with E-state index in [0.717, 1.165) is 6.08 Å². The molecule has 17 heavy (non-hydrogen) atoms. The second-order valence-electron chi connectivity index (χ2n) is 3.86. The van der Waals surface area contributed by atoms with Crippen molar-refractivity contribution in [3.63, 3.8) is 0 Å². The Morgan fingerprint density at radius 1 is 1.24 bits per heavy atom. The van der Waals surface area contributed by atoms with Gasteiger partial charge >= 0.3 is 10.1 Å². The molecule has 1 aliphatic carbocycles. The van der Waals surface area contributed by atoms with Crippen molar-refractivity contribution in [2.45, 2.75) is 11.9 Å². The quantitative estimate of drug-likeness (QED) is 0.725. The van der Waals surface area contributed by atoms with Crippen molar-refractivity contribution >= 4 is 15.9 Å². The fourth-order valence-corrected chi connectivity index (χ4v) is 2.84. The standard InChI is InChI=1S/C11H10O5S/c1-7-6-10(12)8-4-2-3-5-9(8)11(7,13)17(14,15)16/h2-6,13H,1H3,(H,14,15,16). The van der Waals surface area contributed by atoms with Crippen molar-refractivity contribution in [2.75, 3.05) is 0 Å². The van der Waals surface area contributed by atoms with E-state index in [9.17, 15) is 22.9 Å². The van der Waals surface area contributed by atoms with Crippen LogP contribution in [-0.4, -0.2) is 23.9 Å². The topological polar surface area (TPSA) is 91.7 Å². The summed E-state index contributed by atoms with van der Waals surface area (Å²) in [5, 5.41) is 10.2. The zero-order chi connectivity index (χ0) is 12.8. The summed E-state index contributed by atoms with van der Waals surface area (Å²) in [6.07, 6.45) is 1.01. The van der Waals surface area contributed by atoms with Gasteiger partial charge in [-0.3, -0.25) is 9.35 Å². The molecule has 0 heterocycles. The zero-order valence-electron chi connectivity index (χ0n) is 8.91. The average molecular weight is 254 g/mol. The van der Waals surface area contributed by atoms with Crippen LogP contribution in [0.5, 0.6) is 0 Å². The third-order valence-corrected chi connectivity index (χ3v) is 4.10. The van der Waals surface area contributed by atoms with E-state index >= 15 is 0 Å². The summed E-state index contributed by atoms with van der Waals surface area (Å²) in [5.74, 6) is -0.397. The summed E-state index contributed by atoms with van der Waals surface area (Å²) in [5.41, 5.74) is -0.172. The van der Waals surface area contributed by atoms with Crippen LogP contribution in [0.25, 0.3) is 0 Å². The minimum absolute atomic E-state index is 0.0678. The normalized spacial score (nSPS) is 24.2. The van der Waals surface area contributed by atoms with Gasteiger partial charge in [-0.25, -0.2) is 0 Å². The molecule has 2 N–H and O–H groups in total. The van der Waals surface area contributed by atoms with Crippen LogP contribution in [0.3, 0.4) is 0 Å². The number of fused-ring (bicyclic) bond motifs is 1. The van der Waals surface area contributed by atoms with Gasteiger partial charge < -0.3 is 5.11 Å². The van der Waals surface area contributed by atoms with Gasteiger partial charge in [0.1, 0.15) is 0 Å². The van der Waals surface area contributed by atoms with Gasteiger partial charge in [0.05, 0.1) is 0 Å². The van der Waals surface area contributed by atoms with Gasteiger partial charge in [0.2, 0.25) is 4.93 Å². The molecule has 90 valence electrons. The molecule has 0 amide bonds. The molecule has 1 unspecified atom stereocenters. The number of benzene rings is 1. The Hall–Kier alpha value is -1.50. The Labute approximate surface area is 98.1 Å². The van der Waals surface area contributed by atoms with Crippen LogP contribution < -0.4 is 0 Å². The minimum Gasteiger partial charge on any atom is -0.366 e. The smallest absolute Gasteiger partial charge is 0.303 e. The van der Waals surface area contributed by atoms with E-state index in [-0.39, 0.29) is 16.7 Å². The maximum atomic E-state index is 11.6. The van der Waals surface area contributed by atoms with Gasteiger partial charge in [0, 0.05) is 11.1 Å². The van der Waals surface area contributed by atoms with Gasteiger partial charge in [0.15, 0.2) is 5.78 Å². The van der Waals surface area contributed by atoms with Gasteiger partial charge in [0.25, 0.3) is 0 Å². The van der Waals surface area contributed by atoms with E-state index in [1.807, 2.05) is 0 Å². The van der Waals surface area contributed by atoms with E-state index in [4.69, 9.17) is 0 Å². The lowest BCUT2D eigenvalue weighted by molar-refractivity contribution is 0.100. The first-order valence-electron chi connectivity index (χ1n) is 4.80. The highest BCUT2D eigenvalue weighted by Gasteiger charge is 2.48. The van der Waals surface area contributed by atoms with E-state index < -0.39 is 20.8 Å². The van der Waals surface area contributed by atoms with E-state index in [1.54, 1.807) is 6.07 Å². The summed E-state index contributed by atoms with van der Waals surface area (Å²) in [4.78, 5) is 9.10. The maximum Gasteiger partial charge on any atom is 0.303 e. The largest absolute Gasteiger partial charge is 0.366 e. The molecule has 0 aromatic heterocycles. The highest BCUT2D eigenvalue weighted by Crippen LogP contribution is 2.39. The maximum absolute atomic E-state index is 11.6. The zero-order valence-corrected chi connectivity index (χ0v) is 9.73. The second-order valence-corrected chi connectivity index (χ2v) is 5.40. The lowest BCUT2D eigenvalue weighted by atomic mass is 9.88. The summed E-state index contributed by atoms with van der Waals surface area (Å²) < 4.78 is 31.9. The molecule has 5 nitrogen and oxygen atoms in total. The monoisotopic (exact) mass is 254 g/mol. The van der Waals surface area contributed by atoms with Crippen molar-refractivity contribution in [3.8, 4) is 0 Å². The first-order chi connectivity index (χ1) is 7.78. The Bertz CT molecular complexity index is 629. The van der Waals surface area contributed by atoms with E-state index in [0.29, 0.717) is 0 Å². The molecular weight excluding hydrogens is 244 g/mol. The van der Waals surface area contributed by atoms with Crippen LogP contribution in [0, 0.1) is 0 Å². The third kappa shape index (κ3) is 1.53. The minimum atomic E-state index is -4.78. The average Bonchev–Trinajstić information content (AvgIpc) is 2.24. The van der Waals surface area contributed by atoms with E-state index in [2.05, 4.69) is 0 Å². The lowest BCUT2D eigenvalue weighted by Crippen LogP contribution is -2.40. The first-order valence-corrected chi connectivity index (χ1v) is 6.24. The molecular formula is C11H10O5S. The molecule has 0 radical (unpaired) electrons. The highest BCUT2D eigenvalue weighted by molar-refractivity contribution is 7.86. The van der Waals surface area contributed by atoms with Gasteiger partial charge in [-0.2, -0.15) is 8.42 Å². The van der Waals surface area contributed by atoms with Crippen LogP contribution in [-0.2, 0) is 15.1 Å². The van der Waals surface area contributed by atoms with Crippen LogP contribution >= 0.6 is 0 Å². The number of hydrogen-bond acceptors (Lipinski definition) is 4. The number of carbonyl (C=O) groups excluding carboxylic acids is 1. The molecule has 1 aliphatic rings. The number of allylic oxidation sites excluding steroid dienone is 1. The summed E-state index contributed by atoms with van der Waals surface area (Å²) in [6, 6.07) is 5.74. The van der Waals surface area contributed by atoms with Crippen molar-refractivity contribution in [1.82, 2.24) is 0 Å². The Morgan fingerprint density at radius 2 is 1.82 bits per heavy atom. The van der Waals surface area contributed by atoms with Crippen LogP contribution in [0.15, 0.2) is 35.9 Å². The van der Waals surface area contributed by atoms with Crippen LogP contribution in [0.2, 0.25) is 0 Å². The molecule has 0 saturated heterocycles. The summed E-state index contributed by atoms with van der Waals surface area (Å²) in [6.45, 7) is 1.28. The predicted molar refractivity (Wildman–Crippen MR) is 60.0 cm³/mol. The van der Waals surface area contributed by atoms with E-state index in [1.165, 1.54) is 25.1 Å². The molecule has 0 spiro atoms. The molecule has 6 heteroatoms. The number of rotatable bonds is 1. The molecule has 0 fully saturated rings. The SMILES string of the molecule is CC1=CC(=O)c2ccccc2C1(O)S(=O)(=O)O. The molecule has 0 saturated carbocycles. The van der Waals surface area contributed by atoms with Crippen LogP contribution in [0.4, 0.5) is 0 Å². The number of hydrogen-bond donors (Lipinski definition) is 2. The van der Waals surface area contributed by atoms with Crippen molar-refractivity contribution in [1.29, 1.82) is 0 Å². The van der Waals surface area contributed by atoms with Gasteiger partial charge in [-0.1, -0.05) is 24.3 Å². The fourth-order valence-electron chi connectivity index (χ4n) is 1.92. The van der Waals surface area contributed by atoms with Crippen molar-refractivity contribution in [2.24, 2.45) is 0 Å². The summed E-state index contributed by atoms with van der Waals surface area (Å²) >= 11 is 0.